The molecule has 2 amide bonds. The van der Waals surface area contributed by atoms with Crippen LogP contribution in [-0.2, 0) is 11.2 Å². The lowest BCUT2D eigenvalue weighted by Crippen LogP contribution is -2.55. The lowest BCUT2D eigenvalue weighted by molar-refractivity contribution is -0.143. The van der Waals surface area contributed by atoms with Crippen molar-refractivity contribution in [2.24, 2.45) is 0 Å². The third kappa shape index (κ3) is 4.44. The Morgan fingerprint density at radius 2 is 2.10 bits per heavy atom. The zero-order chi connectivity index (χ0) is 15.2. The lowest BCUT2D eigenvalue weighted by Gasteiger charge is -2.36. The molecular weight excluding hydrogens is 290 g/mol. The van der Waals surface area contributed by atoms with E-state index >= 15 is 0 Å². The van der Waals surface area contributed by atoms with Gasteiger partial charge in [-0.15, -0.1) is 11.3 Å². The summed E-state index contributed by atoms with van der Waals surface area (Å²) in [5.74, 6) is -0.816. The molecule has 0 bridgehead atoms. The van der Waals surface area contributed by atoms with Crippen LogP contribution in [0.25, 0.3) is 0 Å². The van der Waals surface area contributed by atoms with Gasteiger partial charge in [-0.05, 0) is 24.8 Å². The van der Waals surface area contributed by atoms with E-state index in [2.05, 4.69) is 11.4 Å². The first-order valence-electron chi connectivity index (χ1n) is 7.10. The van der Waals surface area contributed by atoms with Crippen LogP contribution < -0.4 is 5.32 Å². The number of carboxylic acids is 1. The van der Waals surface area contributed by atoms with Crippen LogP contribution in [0.3, 0.4) is 0 Å². The monoisotopic (exact) mass is 311 g/mol. The van der Waals surface area contributed by atoms with E-state index < -0.39 is 12.0 Å². The largest absolute Gasteiger partial charge is 0.480 e. The van der Waals surface area contributed by atoms with Gasteiger partial charge in [0.05, 0.1) is 0 Å². The first-order valence-corrected chi connectivity index (χ1v) is 7.98. The SMILES string of the molecule is CC(C(=O)O)N1CCN(C(=O)NCCc2cccs2)CC1. The predicted molar refractivity (Wildman–Crippen MR) is 81.7 cm³/mol. The summed E-state index contributed by atoms with van der Waals surface area (Å²) in [5, 5.41) is 13.9. The molecule has 1 fully saturated rings. The molecule has 1 aromatic rings. The maximum atomic E-state index is 12.0. The van der Waals surface area contributed by atoms with Gasteiger partial charge in [0.15, 0.2) is 0 Å². The molecule has 0 saturated carbocycles. The average Bonchev–Trinajstić information content (AvgIpc) is 2.99. The van der Waals surface area contributed by atoms with Crippen molar-refractivity contribution >= 4 is 23.3 Å². The normalized spacial score (nSPS) is 17.5. The fourth-order valence-electron chi connectivity index (χ4n) is 2.33. The van der Waals surface area contributed by atoms with Crippen molar-refractivity contribution in [3.63, 3.8) is 0 Å². The second-order valence-corrected chi connectivity index (χ2v) is 6.13. The third-order valence-corrected chi connectivity index (χ3v) is 4.67. The van der Waals surface area contributed by atoms with E-state index in [1.807, 2.05) is 16.3 Å². The number of nitrogens with zero attached hydrogens (tertiary/aromatic N) is 2. The Hall–Kier alpha value is -1.60. The van der Waals surface area contributed by atoms with Crippen LogP contribution in [0.2, 0.25) is 0 Å². The number of urea groups is 1. The molecule has 2 heterocycles. The highest BCUT2D eigenvalue weighted by Crippen LogP contribution is 2.09. The van der Waals surface area contributed by atoms with Crippen LogP contribution in [0, 0.1) is 0 Å². The zero-order valence-electron chi connectivity index (χ0n) is 12.1. The number of aliphatic carboxylic acids is 1. The molecule has 1 unspecified atom stereocenters. The highest BCUT2D eigenvalue weighted by atomic mass is 32.1. The minimum atomic E-state index is -0.816. The van der Waals surface area contributed by atoms with Gasteiger partial charge in [-0.25, -0.2) is 4.79 Å². The van der Waals surface area contributed by atoms with Gasteiger partial charge in [-0.3, -0.25) is 9.69 Å². The fourth-order valence-corrected chi connectivity index (χ4v) is 3.04. The molecule has 2 N–H and O–H groups in total. The Bertz CT molecular complexity index is 470. The van der Waals surface area contributed by atoms with Crippen molar-refractivity contribution in [1.29, 1.82) is 0 Å². The van der Waals surface area contributed by atoms with Crippen LogP contribution in [0.1, 0.15) is 11.8 Å². The Labute approximate surface area is 128 Å². The number of carboxylic acid groups (broad SMARTS) is 1. The molecule has 7 heteroatoms. The van der Waals surface area contributed by atoms with Crippen molar-refractivity contribution in [1.82, 2.24) is 15.1 Å². The fraction of sp³-hybridized carbons (Fsp3) is 0.571. The van der Waals surface area contributed by atoms with Crippen molar-refractivity contribution in [3.05, 3.63) is 22.4 Å². The van der Waals surface area contributed by atoms with Gasteiger partial charge in [-0.1, -0.05) is 6.07 Å². The number of thiophene rings is 1. The quantitative estimate of drug-likeness (QED) is 0.854. The van der Waals surface area contributed by atoms with Crippen LogP contribution >= 0.6 is 11.3 Å². The van der Waals surface area contributed by atoms with Crippen molar-refractivity contribution in [2.45, 2.75) is 19.4 Å². The van der Waals surface area contributed by atoms with E-state index in [0.717, 1.165) is 6.42 Å². The summed E-state index contributed by atoms with van der Waals surface area (Å²) in [7, 11) is 0. The molecule has 0 aromatic carbocycles. The van der Waals surface area contributed by atoms with E-state index in [0.29, 0.717) is 32.7 Å². The van der Waals surface area contributed by atoms with Crippen molar-refractivity contribution < 1.29 is 14.7 Å². The number of hydrogen-bond donors (Lipinski definition) is 2. The summed E-state index contributed by atoms with van der Waals surface area (Å²) >= 11 is 1.69. The van der Waals surface area contributed by atoms with Gasteiger partial charge in [-0.2, -0.15) is 0 Å². The molecule has 1 aliphatic heterocycles. The Balaban J connectivity index is 1.69. The van der Waals surface area contributed by atoms with Crippen LogP contribution in [-0.4, -0.2) is 65.7 Å². The smallest absolute Gasteiger partial charge is 0.320 e. The highest BCUT2D eigenvalue weighted by Gasteiger charge is 2.26. The number of nitrogens with one attached hydrogen (secondary N) is 1. The second-order valence-electron chi connectivity index (χ2n) is 5.10. The molecule has 2 rings (SSSR count). The Kier molecular flexibility index (Phi) is 5.58. The highest BCUT2D eigenvalue weighted by molar-refractivity contribution is 7.09. The molecule has 6 nitrogen and oxygen atoms in total. The number of amides is 2. The molecular formula is C14H21N3O3S. The van der Waals surface area contributed by atoms with E-state index in [1.165, 1.54) is 4.88 Å². The minimum Gasteiger partial charge on any atom is -0.480 e. The number of piperazine rings is 1. The molecule has 1 atom stereocenters. The standard InChI is InChI=1S/C14H21N3O3S/c1-11(13(18)19)16-6-8-17(9-7-16)14(20)15-5-4-12-3-2-10-21-12/h2-3,10-11H,4-9H2,1H3,(H,15,20)(H,18,19). The molecule has 0 aliphatic carbocycles. The van der Waals surface area contributed by atoms with Gasteiger partial charge in [0.2, 0.25) is 0 Å². The molecule has 1 aromatic heterocycles. The number of rotatable bonds is 5. The first-order chi connectivity index (χ1) is 10.1. The molecule has 0 spiro atoms. The molecule has 1 saturated heterocycles. The van der Waals surface area contributed by atoms with Gasteiger partial charge in [0, 0.05) is 37.6 Å². The summed E-state index contributed by atoms with van der Waals surface area (Å²) in [5.41, 5.74) is 0. The average molecular weight is 311 g/mol. The van der Waals surface area contributed by atoms with E-state index in [9.17, 15) is 9.59 Å². The van der Waals surface area contributed by atoms with Crippen LogP contribution in [0.4, 0.5) is 4.79 Å². The lowest BCUT2D eigenvalue weighted by atomic mass is 10.2. The van der Waals surface area contributed by atoms with Gasteiger partial charge < -0.3 is 15.3 Å². The van der Waals surface area contributed by atoms with Gasteiger partial charge >= 0.3 is 12.0 Å². The maximum Gasteiger partial charge on any atom is 0.320 e. The summed E-state index contributed by atoms with van der Waals surface area (Å²) in [6.07, 6.45) is 0.847. The number of carbonyl (C=O) groups is 2. The number of carbonyl (C=O) groups excluding carboxylic acids is 1. The molecule has 0 radical (unpaired) electrons. The molecule has 21 heavy (non-hydrogen) atoms. The Morgan fingerprint density at radius 3 is 2.67 bits per heavy atom. The maximum absolute atomic E-state index is 12.0. The van der Waals surface area contributed by atoms with E-state index in [4.69, 9.17) is 5.11 Å². The Morgan fingerprint density at radius 1 is 1.38 bits per heavy atom. The first kappa shape index (κ1) is 15.8. The van der Waals surface area contributed by atoms with E-state index in [1.54, 1.807) is 23.2 Å². The van der Waals surface area contributed by atoms with Gasteiger partial charge in [0.1, 0.15) is 6.04 Å². The van der Waals surface area contributed by atoms with E-state index in [-0.39, 0.29) is 6.03 Å². The summed E-state index contributed by atoms with van der Waals surface area (Å²) in [6, 6.07) is 3.51. The van der Waals surface area contributed by atoms with Gasteiger partial charge in [0.25, 0.3) is 0 Å². The number of hydrogen-bond acceptors (Lipinski definition) is 4. The third-order valence-electron chi connectivity index (χ3n) is 3.73. The summed E-state index contributed by atoms with van der Waals surface area (Å²) in [6.45, 7) is 4.66. The van der Waals surface area contributed by atoms with Crippen LogP contribution in [0.5, 0.6) is 0 Å². The summed E-state index contributed by atoms with van der Waals surface area (Å²) < 4.78 is 0. The predicted octanol–water partition coefficient (Wildman–Crippen LogP) is 1.09. The zero-order valence-corrected chi connectivity index (χ0v) is 12.9. The minimum absolute atomic E-state index is 0.0609. The molecule has 116 valence electrons. The van der Waals surface area contributed by atoms with Crippen LogP contribution in [0.15, 0.2) is 17.5 Å². The second kappa shape index (κ2) is 7.42. The van der Waals surface area contributed by atoms with Crippen molar-refractivity contribution in [3.8, 4) is 0 Å². The topological polar surface area (TPSA) is 72.9 Å². The molecule has 1 aliphatic rings. The van der Waals surface area contributed by atoms with Crippen molar-refractivity contribution in [2.75, 3.05) is 32.7 Å². The summed E-state index contributed by atoms with van der Waals surface area (Å²) in [4.78, 5) is 27.9.